The summed E-state index contributed by atoms with van der Waals surface area (Å²) < 4.78 is 0. The molecule has 0 saturated carbocycles. The molecule has 0 atom stereocenters. The third-order valence-corrected chi connectivity index (χ3v) is 4.76. The number of hydrogen-bond acceptors (Lipinski definition) is 3. The molecule has 5 heteroatoms. The lowest BCUT2D eigenvalue weighted by molar-refractivity contribution is 0.854. The van der Waals surface area contributed by atoms with Gasteiger partial charge < -0.3 is 5.32 Å². The third kappa shape index (κ3) is 4.54. The quantitative estimate of drug-likeness (QED) is 0.519. The summed E-state index contributed by atoms with van der Waals surface area (Å²) in [6.07, 6.45) is 2.08. The van der Waals surface area contributed by atoms with Crippen molar-refractivity contribution in [2.24, 2.45) is 0 Å². The van der Waals surface area contributed by atoms with E-state index in [2.05, 4.69) is 29.6 Å². The summed E-state index contributed by atoms with van der Waals surface area (Å²) >= 11 is 12.3. The molecule has 0 radical (unpaired) electrons. The van der Waals surface area contributed by atoms with E-state index in [4.69, 9.17) is 33.2 Å². The van der Waals surface area contributed by atoms with E-state index < -0.39 is 0 Å². The van der Waals surface area contributed by atoms with Gasteiger partial charge in [-0.3, -0.25) is 0 Å². The highest BCUT2D eigenvalue weighted by Crippen LogP contribution is 2.31. The molecule has 0 spiro atoms. The van der Waals surface area contributed by atoms with Crippen LogP contribution in [0.1, 0.15) is 23.4 Å². The van der Waals surface area contributed by atoms with Gasteiger partial charge in [0.15, 0.2) is 0 Å². The Bertz CT molecular complexity index is 895. The number of anilines is 1. The number of rotatable bonds is 6. The maximum atomic E-state index is 6.32. The lowest BCUT2D eigenvalue weighted by Crippen LogP contribution is -2.09. The summed E-state index contributed by atoms with van der Waals surface area (Å²) in [4.78, 5) is 9.41. The molecular formula is C21H21Cl2N3. The van der Waals surface area contributed by atoms with Crippen LogP contribution in [-0.4, -0.2) is 16.5 Å². The molecule has 1 aromatic heterocycles. The topological polar surface area (TPSA) is 37.8 Å². The van der Waals surface area contributed by atoms with Gasteiger partial charge in [-0.1, -0.05) is 53.5 Å². The Morgan fingerprint density at radius 3 is 2.42 bits per heavy atom. The van der Waals surface area contributed by atoms with Crippen molar-refractivity contribution in [1.29, 1.82) is 0 Å². The normalized spacial score (nSPS) is 10.8. The van der Waals surface area contributed by atoms with Gasteiger partial charge in [-0.15, -0.1) is 0 Å². The minimum atomic E-state index is 0.581. The molecule has 0 fully saturated rings. The first-order valence-electron chi connectivity index (χ1n) is 8.63. The van der Waals surface area contributed by atoms with Crippen molar-refractivity contribution in [2.45, 2.75) is 26.7 Å². The van der Waals surface area contributed by atoms with E-state index in [9.17, 15) is 0 Å². The first kappa shape index (κ1) is 18.7. The summed E-state index contributed by atoms with van der Waals surface area (Å²) in [5.74, 6) is 0.824. The van der Waals surface area contributed by atoms with Gasteiger partial charge in [0.1, 0.15) is 5.82 Å². The number of halogens is 2. The zero-order chi connectivity index (χ0) is 18.5. The van der Waals surface area contributed by atoms with Crippen LogP contribution in [0.4, 0.5) is 5.82 Å². The maximum absolute atomic E-state index is 6.32. The Morgan fingerprint density at radius 2 is 1.69 bits per heavy atom. The molecule has 0 unspecified atom stereocenters. The zero-order valence-electron chi connectivity index (χ0n) is 14.9. The van der Waals surface area contributed by atoms with Crippen molar-refractivity contribution in [2.75, 3.05) is 11.9 Å². The second-order valence-corrected chi connectivity index (χ2v) is 7.08. The van der Waals surface area contributed by atoms with Crippen molar-refractivity contribution < 1.29 is 0 Å². The van der Waals surface area contributed by atoms with Crippen LogP contribution < -0.4 is 5.32 Å². The van der Waals surface area contributed by atoms with Crippen molar-refractivity contribution in [3.8, 4) is 11.3 Å². The monoisotopic (exact) mass is 385 g/mol. The summed E-state index contributed by atoms with van der Waals surface area (Å²) in [5, 5.41) is 4.59. The molecule has 0 bridgehead atoms. The van der Waals surface area contributed by atoms with Crippen LogP contribution in [0.25, 0.3) is 11.3 Å². The number of aromatic nitrogens is 2. The molecule has 3 rings (SSSR count). The van der Waals surface area contributed by atoms with Crippen molar-refractivity contribution in [1.82, 2.24) is 9.97 Å². The minimum absolute atomic E-state index is 0.581. The Balaban J connectivity index is 1.69. The molecule has 0 aliphatic carbocycles. The van der Waals surface area contributed by atoms with Crippen molar-refractivity contribution in [3.05, 3.63) is 75.5 Å². The molecule has 1 heterocycles. The molecule has 0 aliphatic rings. The summed E-state index contributed by atoms with van der Waals surface area (Å²) in [6.45, 7) is 4.76. The summed E-state index contributed by atoms with van der Waals surface area (Å²) in [5.41, 5.74) is 4.68. The van der Waals surface area contributed by atoms with Crippen molar-refractivity contribution in [3.63, 3.8) is 0 Å². The SMILES string of the molecule is Cc1nc(-c2ccc(Cl)cc2Cl)c(C)nc1NCCCc1ccccc1. The standard InChI is InChI=1S/C21H21Cl2N3/c1-14-20(18-11-10-17(22)13-19(18)23)25-15(2)21(26-14)24-12-6-9-16-7-4-3-5-8-16/h3-5,7-8,10-11,13H,6,9,12H2,1-2H3,(H,24,26). The average molecular weight is 386 g/mol. The summed E-state index contributed by atoms with van der Waals surface area (Å²) in [6, 6.07) is 15.9. The molecule has 3 aromatic rings. The van der Waals surface area contributed by atoms with E-state index in [0.717, 1.165) is 47.8 Å². The molecule has 0 amide bonds. The first-order chi connectivity index (χ1) is 12.5. The van der Waals surface area contributed by atoms with Gasteiger partial charge in [0.05, 0.1) is 22.1 Å². The number of hydrogen-bond donors (Lipinski definition) is 1. The number of nitrogens with one attached hydrogen (secondary N) is 1. The fourth-order valence-corrected chi connectivity index (χ4v) is 3.35. The number of aryl methyl sites for hydroxylation is 3. The predicted molar refractivity (Wildman–Crippen MR) is 110 cm³/mol. The smallest absolute Gasteiger partial charge is 0.147 e. The van der Waals surface area contributed by atoms with E-state index in [1.165, 1.54) is 5.56 Å². The highest BCUT2D eigenvalue weighted by molar-refractivity contribution is 6.36. The average Bonchev–Trinajstić information content (AvgIpc) is 2.62. The molecule has 134 valence electrons. The van der Waals surface area contributed by atoms with Crippen LogP contribution in [0.2, 0.25) is 10.0 Å². The Kier molecular flexibility index (Phi) is 6.12. The van der Waals surface area contributed by atoms with E-state index in [0.29, 0.717) is 10.0 Å². The van der Waals surface area contributed by atoms with E-state index in [1.54, 1.807) is 6.07 Å². The Labute approximate surface area is 164 Å². The molecule has 1 N–H and O–H groups in total. The van der Waals surface area contributed by atoms with Crippen LogP contribution in [0.15, 0.2) is 48.5 Å². The highest BCUT2D eigenvalue weighted by Gasteiger charge is 2.13. The predicted octanol–water partition coefficient (Wildman–Crippen LogP) is 6.11. The third-order valence-electron chi connectivity index (χ3n) is 4.21. The fourth-order valence-electron chi connectivity index (χ4n) is 2.85. The lowest BCUT2D eigenvalue weighted by Gasteiger charge is -2.13. The molecule has 2 aromatic carbocycles. The number of benzene rings is 2. The summed E-state index contributed by atoms with van der Waals surface area (Å²) in [7, 11) is 0. The van der Waals surface area contributed by atoms with Gasteiger partial charge in [-0.05, 0) is 50.5 Å². The van der Waals surface area contributed by atoms with E-state index in [1.807, 2.05) is 32.0 Å². The van der Waals surface area contributed by atoms with Crippen LogP contribution in [0.3, 0.4) is 0 Å². The van der Waals surface area contributed by atoms with E-state index >= 15 is 0 Å². The maximum Gasteiger partial charge on any atom is 0.147 e. The highest BCUT2D eigenvalue weighted by atomic mass is 35.5. The van der Waals surface area contributed by atoms with Crippen LogP contribution in [-0.2, 0) is 6.42 Å². The molecule has 0 aliphatic heterocycles. The van der Waals surface area contributed by atoms with Crippen LogP contribution >= 0.6 is 23.2 Å². The van der Waals surface area contributed by atoms with Gasteiger partial charge in [0.25, 0.3) is 0 Å². The first-order valence-corrected chi connectivity index (χ1v) is 9.38. The molecule has 0 saturated heterocycles. The zero-order valence-corrected chi connectivity index (χ0v) is 16.4. The largest absolute Gasteiger partial charge is 0.369 e. The fraction of sp³-hybridized carbons (Fsp3) is 0.238. The van der Waals surface area contributed by atoms with Crippen LogP contribution in [0.5, 0.6) is 0 Å². The van der Waals surface area contributed by atoms with Gasteiger partial charge in [-0.25, -0.2) is 9.97 Å². The van der Waals surface area contributed by atoms with Gasteiger partial charge in [-0.2, -0.15) is 0 Å². The Hall–Kier alpha value is -2.10. The minimum Gasteiger partial charge on any atom is -0.369 e. The van der Waals surface area contributed by atoms with Gasteiger partial charge in [0.2, 0.25) is 0 Å². The van der Waals surface area contributed by atoms with Crippen molar-refractivity contribution >= 4 is 29.0 Å². The number of nitrogens with zero attached hydrogens (tertiary/aromatic N) is 2. The second kappa shape index (κ2) is 8.52. The molecule has 26 heavy (non-hydrogen) atoms. The molecule has 3 nitrogen and oxygen atoms in total. The van der Waals surface area contributed by atoms with Gasteiger partial charge >= 0.3 is 0 Å². The molecular weight excluding hydrogens is 365 g/mol. The Morgan fingerprint density at radius 1 is 0.923 bits per heavy atom. The van der Waals surface area contributed by atoms with Gasteiger partial charge in [0, 0.05) is 17.1 Å². The lowest BCUT2D eigenvalue weighted by atomic mass is 10.1. The van der Waals surface area contributed by atoms with Crippen LogP contribution in [0, 0.1) is 13.8 Å². The van der Waals surface area contributed by atoms with E-state index in [-0.39, 0.29) is 0 Å². The second-order valence-electron chi connectivity index (χ2n) is 6.23.